The summed E-state index contributed by atoms with van der Waals surface area (Å²) in [6.45, 7) is 5.41. The number of ether oxygens (including phenoxy) is 2. The number of allylic oxidation sites excluding steroid dienone is 1. The highest BCUT2D eigenvalue weighted by atomic mass is 32.2. The molecule has 35 heavy (non-hydrogen) atoms. The number of carboxylic acids is 1. The number of aliphatic hydroxyl groups excluding tert-OH is 1. The third kappa shape index (κ3) is 6.32. The van der Waals surface area contributed by atoms with Gasteiger partial charge < -0.3 is 19.7 Å². The fourth-order valence-corrected chi connectivity index (χ4v) is 5.52. The van der Waals surface area contributed by atoms with Crippen molar-refractivity contribution in [2.45, 2.75) is 57.5 Å². The molecule has 10 heteroatoms. The number of nitrogens with zero attached hydrogens (tertiary/aromatic N) is 2. The van der Waals surface area contributed by atoms with E-state index in [4.69, 9.17) is 19.7 Å². The van der Waals surface area contributed by atoms with Crippen molar-refractivity contribution in [1.29, 1.82) is 0 Å². The predicted octanol–water partition coefficient (Wildman–Crippen LogP) is 3.79. The summed E-state index contributed by atoms with van der Waals surface area (Å²) >= 11 is 0. The number of aliphatic hydroxyl groups is 1. The van der Waals surface area contributed by atoms with E-state index in [2.05, 4.69) is 18.8 Å². The van der Waals surface area contributed by atoms with Crippen molar-refractivity contribution in [3.63, 3.8) is 0 Å². The third-order valence-electron chi connectivity index (χ3n) is 5.73. The Labute approximate surface area is 206 Å². The van der Waals surface area contributed by atoms with E-state index in [-0.39, 0.29) is 43.4 Å². The summed E-state index contributed by atoms with van der Waals surface area (Å²) in [5.74, 6) is -0.723. The van der Waals surface area contributed by atoms with Crippen LogP contribution >= 0.6 is 0 Å². The molecule has 0 spiro atoms. The van der Waals surface area contributed by atoms with Crippen molar-refractivity contribution < 1.29 is 32.9 Å². The lowest BCUT2D eigenvalue weighted by Gasteiger charge is -2.35. The topological polar surface area (TPSA) is 126 Å². The van der Waals surface area contributed by atoms with E-state index < -0.39 is 22.1 Å². The second-order valence-corrected chi connectivity index (χ2v) is 10.2. The first-order valence-corrected chi connectivity index (χ1v) is 13.1. The zero-order chi connectivity index (χ0) is 25.6. The van der Waals surface area contributed by atoms with Gasteiger partial charge in [0, 0.05) is 12.6 Å². The Morgan fingerprint density at radius 1 is 1.29 bits per heavy atom. The van der Waals surface area contributed by atoms with E-state index >= 15 is 0 Å². The minimum Gasteiger partial charge on any atom is -0.486 e. The van der Waals surface area contributed by atoms with Gasteiger partial charge in [-0.3, -0.25) is 9.10 Å². The zero-order valence-electron chi connectivity index (χ0n) is 20.2. The molecule has 1 aliphatic heterocycles. The van der Waals surface area contributed by atoms with Gasteiger partial charge in [0.15, 0.2) is 0 Å². The van der Waals surface area contributed by atoms with Crippen molar-refractivity contribution in [3.8, 4) is 11.6 Å². The number of pyridine rings is 1. The summed E-state index contributed by atoms with van der Waals surface area (Å²) in [5.41, 5.74) is 3.06. The Kier molecular flexibility index (Phi) is 8.74. The fourth-order valence-electron chi connectivity index (χ4n) is 3.86. The van der Waals surface area contributed by atoms with E-state index in [0.29, 0.717) is 17.0 Å². The van der Waals surface area contributed by atoms with Gasteiger partial charge in [0.05, 0.1) is 18.8 Å². The van der Waals surface area contributed by atoms with Gasteiger partial charge in [-0.2, -0.15) is 0 Å². The van der Waals surface area contributed by atoms with Crippen LogP contribution in [0.3, 0.4) is 0 Å². The average molecular weight is 505 g/mol. The molecule has 0 radical (unpaired) electrons. The van der Waals surface area contributed by atoms with Crippen molar-refractivity contribution >= 4 is 27.8 Å². The van der Waals surface area contributed by atoms with Crippen LogP contribution in [0.25, 0.3) is 6.08 Å². The van der Waals surface area contributed by atoms with Crippen molar-refractivity contribution in [2.24, 2.45) is 0 Å². The summed E-state index contributed by atoms with van der Waals surface area (Å²) in [7, 11) is -4.17. The molecule has 0 aliphatic carbocycles. The Bertz CT molecular complexity index is 1190. The molecule has 1 atom stereocenters. The lowest BCUT2D eigenvalue weighted by molar-refractivity contribution is -0.137. The smallest absolute Gasteiger partial charge is 0.303 e. The number of carboxylic acid groups (broad SMARTS) is 1. The highest BCUT2D eigenvalue weighted by Gasteiger charge is 2.37. The molecule has 1 aromatic carbocycles. The first-order valence-electron chi connectivity index (χ1n) is 11.6. The maximum atomic E-state index is 14.0. The van der Waals surface area contributed by atoms with Gasteiger partial charge in [-0.05, 0) is 55.5 Å². The number of aliphatic carboxylic acids is 1. The number of benzene rings is 1. The Balaban J connectivity index is 2.12. The number of hydrogen-bond acceptors (Lipinski definition) is 7. The minimum absolute atomic E-state index is 0.0580. The molecule has 2 aromatic rings. The van der Waals surface area contributed by atoms with Gasteiger partial charge in [-0.25, -0.2) is 13.4 Å². The molecular formula is C25H32N2O7S. The van der Waals surface area contributed by atoms with E-state index in [1.165, 1.54) is 22.1 Å². The Morgan fingerprint density at radius 3 is 2.69 bits per heavy atom. The zero-order valence-corrected chi connectivity index (χ0v) is 21.0. The number of rotatable bonds is 11. The number of sulfonamides is 1. The van der Waals surface area contributed by atoms with Crippen LogP contribution in [0.2, 0.25) is 0 Å². The SMILES string of the molecule is CCC(=Cc1ccc2c(c1)N(S(=O)(=O)c1cc(C)cnc1OCCO)C[C@H](CCC(=O)O)O2)CC. The van der Waals surface area contributed by atoms with Gasteiger partial charge in [0.25, 0.3) is 10.0 Å². The van der Waals surface area contributed by atoms with E-state index in [1.54, 1.807) is 19.1 Å². The van der Waals surface area contributed by atoms with Crippen LogP contribution in [0.5, 0.6) is 11.6 Å². The molecule has 1 aliphatic rings. The first-order chi connectivity index (χ1) is 16.7. The number of anilines is 1. The largest absolute Gasteiger partial charge is 0.486 e. The standard InChI is InChI=1S/C25H32N2O7S/c1-4-18(5-2)13-19-6-8-22-21(14-19)27(16-20(34-22)7-9-24(29)30)35(31,32)23-12-17(3)15-26-25(23)33-11-10-28/h6,8,12-15,20,28H,4-5,7,9-11,16H2,1-3H3,(H,29,30)/t20-/m0/s1. The lowest BCUT2D eigenvalue weighted by atomic mass is 10.0. The summed E-state index contributed by atoms with van der Waals surface area (Å²) < 4.78 is 40.6. The molecule has 190 valence electrons. The molecule has 0 saturated heterocycles. The van der Waals surface area contributed by atoms with Gasteiger partial charge >= 0.3 is 5.97 Å². The van der Waals surface area contributed by atoms with Gasteiger partial charge in [-0.15, -0.1) is 0 Å². The van der Waals surface area contributed by atoms with Crippen LogP contribution in [0.4, 0.5) is 5.69 Å². The molecule has 1 aromatic heterocycles. The van der Waals surface area contributed by atoms with Crippen molar-refractivity contribution in [3.05, 3.63) is 47.2 Å². The van der Waals surface area contributed by atoms with Crippen molar-refractivity contribution in [2.75, 3.05) is 24.1 Å². The molecule has 3 rings (SSSR count). The number of aromatic nitrogens is 1. The summed E-state index contributed by atoms with van der Waals surface area (Å²) in [6, 6.07) is 6.82. The van der Waals surface area contributed by atoms with Crippen LogP contribution in [-0.2, 0) is 14.8 Å². The fraction of sp³-hybridized carbons (Fsp3) is 0.440. The van der Waals surface area contributed by atoms with Gasteiger partial charge in [0.2, 0.25) is 5.88 Å². The van der Waals surface area contributed by atoms with Crippen molar-refractivity contribution in [1.82, 2.24) is 4.98 Å². The molecule has 0 amide bonds. The minimum atomic E-state index is -4.17. The summed E-state index contributed by atoms with van der Waals surface area (Å²) in [5, 5.41) is 18.3. The Hall–Kier alpha value is -3.11. The number of fused-ring (bicyclic) bond motifs is 1. The second kappa shape index (κ2) is 11.5. The molecular weight excluding hydrogens is 472 g/mol. The molecule has 0 bridgehead atoms. The molecule has 0 saturated carbocycles. The predicted molar refractivity (Wildman–Crippen MR) is 132 cm³/mol. The first kappa shape index (κ1) is 26.5. The highest BCUT2D eigenvalue weighted by Crippen LogP contribution is 2.40. The monoisotopic (exact) mass is 504 g/mol. The van der Waals surface area contributed by atoms with Gasteiger partial charge in [0.1, 0.15) is 23.4 Å². The molecule has 9 nitrogen and oxygen atoms in total. The second-order valence-electron chi connectivity index (χ2n) is 8.33. The molecule has 2 heterocycles. The maximum absolute atomic E-state index is 14.0. The van der Waals surface area contributed by atoms with E-state index in [0.717, 1.165) is 18.4 Å². The van der Waals surface area contributed by atoms with E-state index in [1.807, 2.05) is 12.1 Å². The van der Waals surface area contributed by atoms with Crippen LogP contribution in [-0.4, -0.2) is 55.4 Å². The van der Waals surface area contributed by atoms with Crippen LogP contribution in [0, 0.1) is 6.92 Å². The third-order valence-corrected chi connectivity index (χ3v) is 7.50. The van der Waals surface area contributed by atoms with Gasteiger partial charge in [-0.1, -0.05) is 31.6 Å². The van der Waals surface area contributed by atoms with Crippen LogP contribution in [0.1, 0.15) is 50.7 Å². The normalized spacial score (nSPS) is 15.2. The number of hydrogen-bond donors (Lipinski definition) is 2. The lowest BCUT2D eigenvalue weighted by Crippen LogP contribution is -2.44. The summed E-state index contributed by atoms with van der Waals surface area (Å²) in [6.07, 6.45) is 4.64. The van der Waals surface area contributed by atoms with Crippen LogP contribution < -0.4 is 13.8 Å². The maximum Gasteiger partial charge on any atom is 0.303 e. The molecule has 0 unspecified atom stereocenters. The number of aryl methyl sites for hydroxylation is 1. The molecule has 2 N–H and O–H groups in total. The molecule has 0 fully saturated rings. The Morgan fingerprint density at radius 2 is 2.03 bits per heavy atom. The van der Waals surface area contributed by atoms with Crippen LogP contribution in [0.15, 0.2) is 40.9 Å². The summed E-state index contributed by atoms with van der Waals surface area (Å²) in [4.78, 5) is 15.1. The van der Waals surface area contributed by atoms with E-state index in [9.17, 15) is 13.2 Å². The average Bonchev–Trinajstić information content (AvgIpc) is 2.84. The number of carbonyl (C=O) groups is 1. The highest BCUT2D eigenvalue weighted by molar-refractivity contribution is 7.93. The quantitative estimate of drug-likeness (QED) is 0.473.